The topological polar surface area (TPSA) is 30.5 Å². The summed E-state index contributed by atoms with van der Waals surface area (Å²) in [5, 5.41) is 4.15. The Labute approximate surface area is 120 Å². The Morgan fingerprint density at radius 3 is 2.79 bits per heavy atom. The van der Waals surface area contributed by atoms with Gasteiger partial charge < -0.3 is 14.8 Å². The Morgan fingerprint density at radius 1 is 1.32 bits per heavy atom. The lowest BCUT2D eigenvalue weighted by atomic mass is 10.2. The fraction of sp³-hybridized carbons (Fsp3) is 0.600. The molecule has 0 heterocycles. The lowest BCUT2D eigenvalue weighted by molar-refractivity contribution is 0.0550. The molecule has 1 aromatic rings. The average Bonchev–Trinajstić information content (AvgIpc) is 3.17. The van der Waals surface area contributed by atoms with Crippen LogP contribution in [0.3, 0.4) is 0 Å². The second-order valence-electron chi connectivity index (χ2n) is 5.15. The molecular formula is C15H22ClNO2. The van der Waals surface area contributed by atoms with Crippen LogP contribution in [-0.2, 0) is 11.3 Å². The van der Waals surface area contributed by atoms with Gasteiger partial charge in [0.2, 0.25) is 0 Å². The van der Waals surface area contributed by atoms with Crippen molar-refractivity contribution in [2.75, 3.05) is 13.2 Å². The van der Waals surface area contributed by atoms with Crippen molar-refractivity contribution < 1.29 is 9.47 Å². The predicted octanol–water partition coefficient (Wildman–Crippen LogP) is 3.40. The molecular weight excluding hydrogens is 262 g/mol. The molecule has 1 aliphatic carbocycles. The number of ether oxygens (including phenoxy) is 2. The standard InChI is InChI=1S/C15H22ClNO2/c1-11(2)18-8-9-19-15-12(4-3-5-14(15)16)10-17-13-6-7-13/h3-5,11,13,17H,6-10H2,1-2H3. The van der Waals surface area contributed by atoms with Gasteiger partial charge in [-0.2, -0.15) is 0 Å². The largest absolute Gasteiger partial charge is 0.489 e. The zero-order valence-corrected chi connectivity index (χ0v) is 12.4. The summed E-state index contributed by atoms with van der Waals surface area (Å²) in [6, 6.07) is 6.56. The molecule has 0 unspecified atom stereocenters. The number of hydrogen-bond donors (Lipinski definition) is 1. The Hall–Kier alpha value is -0.770. The van der Waals surface area contributed by atoms with E-state index >= 15 is 0 Å². The molecule has 19 heavy (non-hydrogen) atoms. The molecule has 0 saturated heterocycles. The van der Waals surface area contributed by atoms with Gasteiger partial charge in [-0.1, -0.05) is 23.7 Å². The number of halogens is 1. The Kier molecular flexibility index (Phi) is 5.49. The van der Waals surface area contributed by atoms with Crippen LogP contribution in [-0.4, -0.2) is 25.4 Å². The van der Waals surface area contributed by atoms with E-state index in [1.807, 2.05) is 26.0 Å². The normalized spacial score (nSPS) is 14.9. The summed E-state index contributed by atoms with van der Waals surface area (Å²) >= 11 is 6.21. The third-order valence-corrected chi connectivity index (χ3v) is 3.29. The smallest absolute Gasteiger partial charge is 0.142 e. The SMILES string of the molecule is CC(C)OCCOc1c(Cl)cccc1CNC1CC1. The van der Waals surface area contributed by atoms with E-state index in [0.717, 1.165) is 17.9 Å². The van der Waals surface area contributed by atoms with Gasteiger partial charge in [0.25, 0.3) is 0 Å². The molecule has 0 amide bonds. The molecule has 1 aliphatic rings. The van der Waals surface area contributed by atoms with Gasteiger partial charge in [0.15, 0.2) is 0 Å². The predicted molar refractivity (Wildman–Crippen MR) is 77.9 cm³/mol. The molecule has 0 aliphatic heterocycles. The molecule has 0 aromatic heterocycles. The van der Waals surface area contributed by atoms with Crippen LogP contribution in [0.1, 0.15) is 32.3 Å². The minimum absolute atomic E-state index is 0.228. The molecule has 2 rings (SSSR count). The summed E-state index contributed by atoms with van der Waals surface area (Å²) in [6.07, 6.45) is 2.78. The zero-order valence-electron chi connectivity index (χ0n) is 11.6. The second kappa shape index (κ2) is 7.13. The monoisotopic (exact) mass is 283 g/mol. The molecule has 1 fully saturated rings. The van der Waals surface area contributed by atoms with Crippen LogP contribution >= 0.6 is 11.6 Å². The van der Waals surface area contributed by atoms with Gasteiger partial charge in [-0.15, -0.1) is 0 Å². The minimum atomic E-state index is 0.228. The van der Waals surface area contributed by atoms with E-state index in [4.69, 9.17) is 21.1 Å². The van der Waals surface area contributed by atoms with Crippen LogP contribution in [0.15, 0.2) is 18.2 Å². The fourth-order valence-electron chi connectivity index (χ4n) is 1.82. The maximum atomic E-state index is 6.21. The molecule has 0 radical (unpaired) electrons. The number of benzene rings is 1. The summed E-state index contributed by atoms with van der Waals surface area (Å²) in [7, 11) is 0. The molecule has 3 nitrogen and oxygen atoms in total. The maximum absolute atomic E-state index is 6.21. The fourth-order valence-corrected chi connectivity index (χ4v) is 2.07. The van der Waals surface area contributed by atoms with Crippen molar-refractivity contribution in [2.24, 2.45) is 0 Å². The van der Waals surface area contributed by atoms with Gasteiger partial charge >= 0.3 is 0 Å². The van der Waals surface area contributed by atoms with E-state index in [-0.39, 0.29) is 6.10 Å². The van der Waals surface area contributed by atoms with Crippen LogP contribution in [0.25, 0.3) is 0 Å². The zero-order chi connectivity index (χ0) is 13.7. The highest BCUT2D eigenvalue weighted by Crippen LogP contribution is 2.29. The summed E-state index contributed by atoms with van der Waals surface area (Å²) in [5.41, 5.74) is 1.11. The van der Waals surface area contributed by atoms with Crippen molar-refractivity contribution in [1.82, 2.24) is 5.32 Å². The first-order chi connectivity index (χ1) is 9.16. The number of hydrogen-bond acceptors (Lipinski definition) is 3. The second-order valence-corrected chi connectivity index (χ2v) is 5.56. The van der Waals surface area contributed by atoms with Gasteiger partial charge in [-0.25, -0.2) is 0 Å². The number of para-hydroxylation sites is 1. The number of rotatable bonds is 8. The lowest BCUT2D eigenvalue weighted by Crippen LogP contribution is -2.17. The van der Waals surface area contributed by atoms with E-state index in [9.17, 15) is 0 Å². The van der Waals surface area contributed by atoms with Crippen molar-refractivity contribution in [3.63, 3.8) is 0 Å². The van der Waals surface area contributed by atoms with E-state index < -0.39 is 0 Å². The summed E-state index contributed by atoms with van der Waals surface area (Å²) < 4.78 is 11.2. The Morgan fingerprint density at radius 2 is 2.11 bits per heavy atom. The van der Waals surface area contributed by atoms with Gasteiger partial charge in [0.1, 0.15) is 12.4 Å². The van der Waals surface area contributed by atoms with E-state index in [1.165, 1.54) is 12.8 Å². The van der Waals surface area contributed by atoms with Gasteiger partial charge in [-0.3, -0.25) is 0 Å². The quantitative estimate of drug-likeness (QED) is 0.742. The first kappa shape index (κ1) is 14.6. The summed E-state index contributed by atoms with van der Waals surface area (Å²) in [6.45, 7) is 5.95. The average molecular weight is 284 g/mol. The van der Waals surface area contributed by atoms with Crippen LogP contribution in [0, 0.1) is 0 Å². The third kappa shape index (κ3) is 5.01. The Bertz CT molecular complexity index is 405. The van der Waals surface area contributed by atoms with Gasteiger partial charge in [0, 0.05) is 18.2 Å². The molecule has 1 N–H and O–H groups in total. The van der Waals surface area contributed by atoms with Crippen molar-refractivity contribution >= 4 is 11.6 Å². The molecule has 0 bridgehead atoms. The van der Waals surface area contributed by atoms with Crippen LogP contribution < -0.4 is 10.1 Å². The highest BCUT2D eigenvalue weighted by Gasteiger charge is 2.21. The highest BCUT2D eigenvalue weighted by molar-refractivity contribution is 6.32. The van der Waals surface area contributed by atoms with E-state index in [0.29, 0.717) is 24.3 Å². The van der Waals surface area contributed by atoms with E-state index in [2.05, 4.69) is 11.4 Å². The molecule has 0 atom stereocenters. The van der Waals surface area contributed by atoms with Crippen LogP contribution in [0.2, 0.25) is 5.02 Å². The maximum Gasteiger partial charge on any atom is 0.142 e. The van der Waals surface area contributed by atoms with Gasteiger partial charge in [-0.05, 0) is 32.8 Å². The molecule has 106 valence electrons. The Balaban J connectivity index is 1.88. The van der Waals surface area contributed by atoms with Gasteiger partial charge in [0.05, 0.1) is 17.7 Å². The summed E-state index contributed by atoms with van der Waals surface area (Å²) in [5.74, 6) is 0.782. The molecule has 1 saturated carbocycles. The van der Waals surface area contributed by atoms with Crippen molar-refractivity contribution in [2.45, 2.75) is 45.4 Å². The summed E-state index contributed by atoms with van der Waals surface area (Å²) in [4.78, 5) is 0. The van der Waals surface area contributed by atoms with Crippen LogP contribution in [0.5, 0.6) is 5.75 Å². The first-order valence-electron chi connectivity index (χ1n) is 6.92. The lowest BCUT2D eigenvalue weighted by Gasteiger charge is -2.14. The first-order valence-corrected chi connectivity index (χ1v) is 7.30. The van der Waals surface area contributed by atoms with Crippen molar-refractivity contribution in [3.8, 4) is 5.75 Å². The third-order valence-electron chi connectivity index (χ3n) is 2.99. The van der Waals surface area contributed by atoms with Crippen molar-refractivity contribution in [1.29, 1.82) is 0 Å². The number of nitrogens with one attached hydrogen (secondary N) is 1. The van der Waals surface area contributed by atoms with Crippen LogP contribution in [0.4, 0.5) is 0 Å². The molecule has 1 aromatic carbocycles. The minimum Gasteiger partial charge on any atom is -0.489 e. The molecule has 4 heteroatoms. The van der Waals surface area contributed by atoms with Crippen molar-refractivity contribution in [3.05, 3.63) is 28.8 Å². The highest BCUT2D eigenvalue weighted by atomic mass is 35.5. The van der Waals surface area contributed by atoms with E-state index in [1.54, 1.807) is 0 Å². The molecule has 0 spiro atoms.